The number of hydrogen-bond acceptors (Lipinski definition) is 3. The number of methoxy groups -OCH3 is 1. The number of halogens is 3. The van der Waals surface area contributed by atoms with Crippen molar-refractivity contribution in [1.82, 2.24) is 5.32 Å². The Hall–Kier alpha value is -0.780. The minimum atomic E-state index is -4.39. The lowest BCUT2D eigenvalue weighted by Gasteiger charge is -2.30. The molecular formula is C8H12F3NO2. The van der Waals surface area contributed by atoms with E-state index in [4.69, 9.17) is 0 Å². The highest BCUT2D eigenvalue weighted by atomic mass is 19.4. The standard InChI is InChI=1S/C8H12F3NO2/c1-7(8(9,10)11)4-12-3-5(7)6(13)14-2/h5,12H,3-4H2,1-2H3/t5-,7+/m1/s1. The van der Waals surface area contributed by atoms with E-state index < -0.39 is 23.5 Å². The van der Waals surface area contributed by atoms with Crippen molar-refractivity contribution in [2.45, 2.75) is 13.1 Å². The molecule has 0 aromatic rings. The second-order valence-corrected chi connectivity index (χ2v) is 3.62. The smallest absolute Gasteiger partial charge is 0.396 e. The summed E-state index contributed by atoms with van der Waals surface area (Å²) < 4.78 is 42.3. The summed E-state index contributed by atoms with van der Waals surface area (Å²) in [7, 11) is 1.09. The Kier molecular flexibility index (Phi) is 2.76. The van der Waals surface area contributed by atoms with E-state index in [0.717, 1.165) is 14.0 Å². The Balaban J connectivity index is 2.92. The molecule has 3 nitrogen and oxygen atoms in total. The summed E-state index contributed by atoms with van der Waals surface area (Å²) in [5.74, 6) is -1.96. The van der Waals surface area contributed by atoms with Crippen LogP contribution in [0.15, 0.2) is 0 Å². The number of alkyl halides is 3. The highest BCUT2D eigenvalue weighted by Crippen LogP contribution is 2.46. The molecule has 1 rings (SSSR count). The molecule has 0 spiro atoms. The van der Waals surface area contributed by atoms with Gasteiger partial charge in [-0.25, -0.2) is 0 Å². The number of ether oxygens (including phenoxy) is 1. The summed E-state index contributed by atoms with van der Waals surface area (Å²) in [4.78, 5) is 11.1. The fourth-order valence-corrected chi connectivity index (χ4v) is 1.61. The van der Waals surface area contributed by atoms with Crippen LogP contribution in [0.4, 0.5) is 13.2 Å². The lowest BCUT2D eigenvalue weighted by Crippen LogP contribution is -2.45. The van der Waals surface area contributed by atoms with Gasteiger partial charge in [0.2, 0.25) is 0 Å². The third-order valence-corrected chi connectivity index (χ3v) is 2.74. The van der Waals surface area contributed by atoms with Gasteiger partial charge in [-0.3, -0.25) is 4.79 Å². The zero-order valence-corrected chi connectivity index (χ0v) is 7.94. The summed E-state index contributed by atoms with van der Waals surface area (Å²) in [5, 5.41) is 2.56. The Bertz CT molecular complexity index is 241. The van der Waals surface area contributed by atoms with E-state index in [1.807, 2.05) is 0 Å². The number of hydrogen-bond donors (Lipinski definition) is 1. The maximum Gasteiger partial charge on any atom is 0.396 e. The molecule has 14 heavy (non-hydrogen) atoms. The van der Waals surface area contributed by atoms with Crippen LogP contribution in [0.5, 0.6) is 0 Å². The third-order valence-electron chi connectivity index (χ3n) is 2.74. The number of nitrogens with one attached hydrogen (secondary N) is 1. The second kappa shape index (κ2) is 3.42. The van der Waals surface area contributed by atoms with Gasteiger partial charge in [0.05, 0.1) is 18.4 Å². The molecule has 0 aromatic heterocycles. The number of carbonyl (C=O) groups excluding carboxylic acids is 1. The lowest BCUT2D eigenvalue weighted by atomic mass is 9.79. The molecule has 0 bridgehead atoms. The molecule has 0 saturated carbocycles. The SMILES string of the molecule is COC(=O)[C@H]1CNC[C@]1(C)C(F)(F)F. The van der Waals surface area contributed by atoms with Gasteiger partial charge >= 0.3 is 12.1 Å². The molecule has 1 aliphatic rings. The van der Waals surface area contributed by atoms with Crippen LogP contribution >= 0.6 is 0 Å². The third kappa shape index (κ3) is 1.58. The molecule has 2 atom stereocenters. The van der Waals surface area contributed by atoms with Gasteiger partial charge in [-0.15, -0.1) is 0 Å². The topological polar surface area (TPSA) is 38.3 Å². The first kappa shape index (κ1) is 11.3. The van der Waals surface area contributed by atoms with E-state index in [0.29, 0.717) is 0 Å². The van der Waals surface area contributed by atoms with E-state index in [2.05, 4.69) is 10.1 Å². The van der Waals surface area contributed by atoms with E-state index in [-0.39, 0.29) is 13.1 Å². The molecule has 0 aromatic carbocycles. The van der Waals surface area contributed by atoms with Crippen molar-refractivity contribution in [3.63, 3.8) is 0 Å². The molecule has 0 radical (unpaired) electrons. The van der Waals surface area contributed by atoms with Crippen molar-refractivity contribution in [3.05, 3.63) is 0 Å². The van der Waals surface area contributed by atoms with Crippen molar-refractivity contribution in [2.75, 3.05) is 20.2 Å². The average Bonchev–Trinajstić information content (AvgIpc) is 2.46. The molecule has 1 heterocycles. The molecule has 6 heteroatoms. The average molecular weight is 211 g/mol. The Labute approximate surface area is 79.6 Å². The fourth-order valence-electron chi connectivity index (χ4n) is 1.61. The zero-order chi connectivity index (χ0) is 11.0. The largest absolute Gasteiger partial charge is 0.469 e. The Morgan fingerprint density at radius 2 is 2.14 bits per heavy atom. The van der Waals surface area contributed by atoms with Crippen molar-refractivity contribution >= 4 is 5.97 Å². The summed E-state index contributed by atoms with van der Waals surface area (Å²) in [6.45, 7) is 0.813. The van der Waals surface area contributed by atoms with Gasteiger partial charge < -0.3 is 10.1 Å². The molecule has 0 unspecified atom stereocenters. The predicted molar refractivity (Wildman–Crippen MR) is 42.5 cm³/mol. The highest BCUT2D eigenvalue weighted by Gasteiger charge is 2.60. The van der Waals surface area contributed by atoms with Crippen LogP contribution in [0.3, 0.4) is 0 Å². The van der Waals surface area contributed by atoms with Crippen molar-refractivity contribution < 1.29 is 22.7 Å². The highest BCUT2D eigenvalue weighted by molar-refractivity contribution is 5.74. The molecule has 1 fully saturated rings. The number of rotatable bonds is 1. The predicted octanol–water partition coefficient (Wildman–Crippen LogP) is 0.947. The van der Waals surface area contributed by atoms with Gasteiger partial charge in [0.1, 0.15) is 0 Å². The van der Waals surface area contributed by atoms with E-state index in [1.54, 1.807) is 0 Å². The minimum Gasteiger partial charge on any atom is -0.469 e. The Morgan fingerprint density at radius 1 is 1.57 bits per heavy atom. The van der Waals surface area contributed by atoms with Crippen LogP contribution in [0.25, 0.3) is 0 Å². The Morgan fingerprint density at radius 3 is 2.57 bits per heavy atom. The van der Waals surface area contributed by atoms with Gasteiger partial charge in [0.15, 0.2) is 0 Å². The van der Waals surface area contributed by atoms with Crippen LogP contribution in [0.2, 0.25) is 0 Å². The van der Waals surface area contributed by atoms with Crippen molar-refractivity contribution in [3.8, 4) is 0 Å². The molecule has 82 valence electrons. The molecule has 1 saturated heterocycles. The first-order chi connectivity index (χ1) is 6.33. The van der Waals surface area contributed by atoms with Gasteiger partial charge in [-0.2, -0.15) is 13.2 Å². The van der Waals surface area contributed by atoms with Gasteiger partial charge in [-0.1, -0.05) is 0 Å². The van der Waals surface area contributed by atoms with E-state index in [1.165, 1.54) is 0 Å². The van der Waals surface area contributed by atoms with Crippen molar-refractivity contribution in [1.29, 1.82) is 0 Å². The molecule has 0 amide bonds. The van der Waals surface area contributed by atoms with Gasteiger partial charge in [0.25, 0.3) is 0 Å². The van der Waals surface area contributed by atoms with Crippen LogP contribution < -0.4 is 5.32 Å². The first-order valence-corrected chi connectivity index (χ1v) is 4.18. The molecular weight excluding hydrogens is 199 g/mol. The zero-order valence-electron chi connectivity index (χ0n) is 7.94. The lowest BCUT2D eigenvalue weighted by molar-refractivity contribution is -0.227. The van der Waals surface area contributed by atoms with Gasteiger partial charge in [0, 0.05) is 13.1 Å². The van der Waals surface area contributed by atoms with E-state index in [9.17, 15) is 18.0 Å². The molecule has 1 N–H and O–H groups in total. The summed E-state index contributed by atoms with van der Waals surface area (Å²) in [5.41, 5.74) is -2.01. The normalized spacial score (nSPS) is 33.1. The molecule has 0 aliphatic carbocycles. The maximum atomic E-state index is 12.6. The second-order valence-electron chi connectivity index (χ2n) is 3.62. The van der Waals surface area contributed by atoms with Crippen LogP contribution in [0, 0.1) is 11.3 Å². The number of esters is 1. The van der Waals surface area contributed by atoms with Crippen LogP contribution in [-0.2, 0) is 9.53 Å². The quantitative estimate of drug-likeness (QED) is 0.656. The van der Waals surface area contributed by atoms with Crippen LogP contribution in [0.1, 0.15) is 6.92 Å². The minimum absolute atomic E-state index is 0.0166. The maximum absolute atomic E-state index is 12.6. The first-order valence-electron chi connectivity index (χ1n) is 4.18. The summed E-state index contributed by atoms with van der Waals surface area (Å²) in [6, 6.07) is 0. The number of carbonyl (C=O) groups is 1. The van der Waals surface area contributed by atoms with Crippen molar-refractivity contribution in [2.24, 2.45) is 11.3 Å². The summed E-state index contributed by atoms with van der Waals surface area (Å²) >= 11 is 0. The monoisotopic (exact) mass is 211 g/mol. The molecule has 1 aliphatic heterocycles. The summed E-state index contributed by atoms with van der Waals surface area (Å²) in [6.07, 6.45) is -4.39. The van der Waals surface area contributed by atoms with Crippen LogP contribution in [-0.4, -0.2) is 32.3 Å². The van der Waals surface area contributed by atoms with Gasteiger partial charge in [-0.05, 0) is 6.92 Å². The van der Waals surface area contributed by atoms with E-state index >= 15 is 0 Å². The fraction of sp³-hybridized carbons (Fsp3) is 0.875.